The second-order valence-corrected chi connectivity index (χ2v) is 9.57. The molecule has 2 aromatic rings. The Morgan fingerprint density at radius 2 is 1.61 bits per heavy atom. The first-order valence-electron chi connectivity index (χ1n) is 10.5. The molecule has 3 heteroatoms. The Balaban J connectivity index is 1.44. The van der Waals surface area contributed by atoms with Crippen LogP contribution >= 0.6 is 0 Å². The molecule has 146 valence electrons. The lowest BCUT2D eigenvalue weighted by Crippen LogP contribution is -2.57. The largest absolute Gasteiger partial charge is 0.497 e. The van der Waals surface area contributed by atoms with Crippen LogP contribution in [-0.4, -0.2) is 13.0 Å². The summed E-state index contributed by atoms with van der Waals surface area (Å²) in [4.78, 5) is 13.5. The Hall–Kier alpha value is -2.29. The number of anilines is 1. The van der Waals surface area contributed by atoms with Gasteiger partial charge in [-0.25, -0.2) is 0 Å². The van der Waals surface area contributed by atoms with Crippen LogP contribution in [0.4, 0.5) is 5.69 Å². The third kappa shape index (κ3) is 2.83. The number of aryl methyl sites for hydroxylation is 1. The number of nitrogens with one attached hydrogen (secondary N) is 1. The van der Waals surface area contributed by atoms with Crippen LogP contribution in [0.5, 0.6) is 5.75 Å². The van der Waals surface area contributed by atoms with E-state index in [1.54, 1.807) is 7.11 Å². The van der Waals surface area contributed by atoms with Gasteiger partial charge in [0.2, 0.25) is 5.91 Å². The van der Waals surface area contributed by atoms with Crippen LogP contribution in [0.15, 0.2) is 48.5 Å². The molecule has 4 aliphatic rings. The van der Waals surface area contributed by atoms with Crippen LogP contribution in [0.3, 0.4) is 0 Å². The van der Waals surface area contributed by atoms with Crippen molar-refractivity contribution in [3.05, 3.63) is 59.7 Å². The molecule has 4 bridgehead atoms. The average molecular weight is 376 g/mol. The van der Waals surface area contributed by atoms with Gasteiger partial charge in [-0.1, -0.05) is 29.8 Å². The first-order chi connectivity index (χ1) is 13.5. The molecule has 2 unspecified atom stereocenters. The van der Waals surface area contributed by atoms with Crippen molar-refractivity contribution in [2.45, 2.75) is 50.9 Å². The third-order valence-corrected chi connectivity index (χ3v) is 7.55. The van der Waals surface area contributed by atoms with Gasteiger partial charge in [0.1, 0.15) is 5.75 Å². The normalized spacial score (nSPS) is 32.9. The Labute approximate surface area is 167 Å². The molecule has 6 rings (SSSR count). The zero-order chi connectivity index (χ0) is 19.4. The number of amides is 1. The molecule has 4 saturated carbocycles. The van der Waals surface area contributed by atoms with Crippen molar-refractivity contribution in [2.24, 2.45) is 17.3 Å². The van der Waals surface area contributed by atoms with Gasteiger partial charge in [0, 0.05) is 5.69 Å². The van der Waals surface area contributed by atoms with E-state index < -0.39 is 0 Å². The van der Waals surface area contributed by atoms with Crippen LogP contribution in [-0.2, 0) is 10.2 Å². The summed E-state index contributed by atoms with van der Waals surface area (Å²) in [6.07, 6.45) is 6.93. The van der Waals surface area contributed by atoms with Gasteiger partial charge in [0.05, 0.1) is 12.5 Å². The van der Waals surface area contributed by atoms with Crippen LogP contribution in [0, 0.1) is 24.2 Å². The second kappa shape index (κ2) is 6.37. The van der Waals surface area contributed by atoms with Crippen LogP contribution in [0.1, 0.15) is 49.7 Å². The van der Waals surface area contributed by atoms with E-state index in [1.807, 2.05) is 24.3 Å². The number of hydrogen-bond acceptors (Lipinski definition) is 2. The van der Waals surface area contributed by atoms with Gasteiger partial charge in [-0.2, -0.15) is 0 Å². The fourth-order valence-corrected chi connectivity index (χ4v) is 6.71. The maximum absolute atomic E-state index is 13.5. The summed E-state index contributed by atoms with van der Waals surface area (Å²) < 4.78 is 5.23. The molecule has 4 fully saturated rings. The lowest BCUT2D eigenvalue weighted by molar-refractivity contribution is -0.143. The van der Waals surface area contributed by atoms with Gasteiger partial charge >= 0.3 is 0 Å². The summed E-state index contributed by atoms with van der Waals surface area (Å²) >= 11 is 0. The van der Waals surface area contributed by atoms with E-state index in [2.05, 4.69) is 36.5 Å². The number of methoxy groups -OCH3 is 1. The van der Waals surface area contributed by atoms with E-state index >= 15 is 0 Å². The van der Waals surface area contributed by atoms with Gasteiger partial charge in [-0.3, -0.25) is 4.79 Å². The summed E-state index contributed by atoms with van der Waals surface area (Å²) in [6.45, 7) is 2.15. The number of hydrogen-bond donors (Lipinski definition) is 1. The second-order valence-electron chi connectivity index (χ2n) is 9.57. The van der Waals surface area contributed by atoms with Gasteiger partial charge in [-0.05, 0) is 92.5 Å². The molecular formula is C25H29NO2. The topological polar surface area (TPSA) is 38.3 Å². The first kappa shape index (κ1) is 17.8. The van der Waals surface area contributed by atoms with E-state index in [-0.39, 0.29) is 16.7 Å². The van der Waals surface area contributed by atoms with Crippen molar-refractivity contribution in [2.75, 3.05) is 12.4 Å². The predicted molar refractivity (Wildman–Crippen MR) is 112 cm³/mol. The quantitative estimate of drug-likeness (QED) is 0.768. The molecule has 0 radical (unpaired) electrons. The number of rotatable bonds is 4. The lowest BCUT2D eigenvalue weighted by atomic mass is 9.42. The van der Waals surface area contributed by atoms with Crippen LogP contribution < -0.4 is 10.1 Å². The highest BCUT2D eigenvalue weighted by molar-refractivity contribution is 5.96. The molecule has 0 aliphatic heterocycles. The predicted octanol–water partition coefficient (Wildman–Crippen LogP) is 5.48. The molecule has 2 aromatic carbocycles. The fraction of sp³-hybridized carbons (Fsp3) is 0.480. The summed E-state index contributed by atoms with van der Waals surface area (Å²) in [7, 11) is 1.66. The van der Waals surface area contributed by atoms with E-state index in [1.165, 1.54) is 30.4 Å². The molecular weight excluding hydrogens is 346 g/mol. The first-order valence-corrected chi connectivity index (χ1v) is 10.5. The van der Waals surface area contributed by atoms with Crippen LogP contribution in [0.2, 0.25) is 0 Å². The smallest absolute Gasteiger partial charge is 0.230 e. The van der Waals surface area contributed by atoms with Crippen molar-refractivity contribution in [3.63, 3.8) is 0 Å². The minimum atomic E-state index is -0.213. The van der Waals surface area contributed by atoms with E-state index in [9.17, 15) is 4.79 Å². The number of benzene rings is 2. The summed E-state index contributed by atoms with van der Waals surface area (Å²) in [6, 6.07) is 16.8. The Kier molecular flexibility index (Phi) is 4.04. The minimum absolute atomic E-state index is 0.190. The van der Waals surface area contributed by atoms with Crippen molar-refractivity contribution >= 4 is 11.6 Å². The monoisotopic (exact) mass is 375 g/mol. The molecule has 28 heavy (non-hydrogen) atoms. The van der Waals surface area contributed by atoms with Gasteiger partial charge in [0.15, 0.2) is 0 Å². The van der Waals surface area contributed by atoms with E-state index in [4.69, 9.17) is 4.74 Å². The molecule has 1 amide bonds. The molecule has 0 heterocycles. The molecule has 4 aliphatic carbocycles. The molecule has 3 nitrogen and oxygen atoms in total. The Morgan fingerprint density at radius 3 is 2.21 bits per heavy atom. The third-order valence-electron chi connectivity index (χ3n) is 7.55. The Bertz CT molecular complexity index is 870. The maximum atomic E-state index is 13.5. The zero-order valence-corrected chi connectivity index (χ0v) is 16.8. The Morgan fingerprint density at radius 1 is 0.964 bits per heavy atom. The van der Waals surface area contributed by atoms with Crippen molar-refractivity contribution < 1.29 is 9.53 Å². The number of ether oxygens (including phenoxy) is 1. The summed E-state index contributed by atoms with van der Waals surface area (Å²) in [5.41, 5.74) is 3.60. The summed E-state index contributed by atoms with van der Waals surface area (Å²) in [5.74, 6) is 2.41. The van der Waals surface area contributed by atoms with Gasteiger partial charge in [-0.15, -0.1) is 0 Å². The van der Waals surface area contributed by atoms with E-state index in [0.29, 0.717) is 11.8 Å². The SMILES string of the molecule is COc1ccc(NC(=O)C23CC4CC(C2)CC(c2ccc(C)cc2)(C4)C3)cc1. The minimum Gasteiger partial charge on any atom is -0.497 e. The maximum Gasteiger partial charge on any atom is 0.230 e. The molecule has 2 atom stereocenters. The lowest BCUT2D eigenvalue weighted by Gasteiger charge is -2.61. The number of carbonyl (C=O) groups excluding carboxylic acids is 1. The van der Waals surface area contributed by atoms with Gasteiger partial charge in [0.25, 0.3) is 0 Å². The highest BCUT2D eigenvalue weighted by Gasteiger charge is 2.60. The zero-order valence-electron chi connectivity index (χ0n) is 16.8. The van der Waals surface area contributed by atoms with Crippen molar-refractivity contribution in [1.29, 1.82) is 0 Å². The van der Waals surface area contributed by atoms with Crippen molar-refractivity contribution in [1.82, 2.24) is 0 Å². The number of carbonyl (C=O) groups is 1. The standard InChI is InChI=1S/C25H29NO2/c1-17-3-5-20(6-4-17)24-12-18-11-19(13-24)15-25(14-18,16-24)23(27)26-21-7-9-22(28-2)10-8-21/h3-10,18-19H,11-16H2,1-2H3,(H,26,27). The molecule has 1 N–H and O–H groups in total. The molecule has 0 aromatic heterocycles. The van der Waals surface area contributed by atoms with Gasteiger partial charge < -0.3 is 10.1 Å². The fourth-order valence-electron chi connectivity index (χ4n) is 6.71. The average Bonchev–Trinajstić information content (AvgIpc) is 2.68. The highest BCUT2D eigenvalue weighted by atomic mass is 16.5. The summed E-state index contributed by atoms with van der Waals surface area (Å²) in [5, 5.41) is 3.23. The van der Waals surface area contributed by atoms with Crippen LogP contribution in [0.25, 0.3) is 0 Å². The van der Waals surface area contributed by atoms with Crippen molar-refractivity contribution in [3.8, 4) is 5.75 Å². The van der Waals surface area contributed by atoms with E-state index in [0.717, 1.165) is 30.7 Å². The highest BCUT2D eigenvalue weighted by Crippen LogP contribution is 2.66. The molecule has 0 spiro atoms. The molecule has 0 saturated heterocycles.